The predicted octanol–water partition coefficient (Wildman–Crippen LogP) is 6.38. The van der Waals surface area contributed by atoms with Crippen LogP contribution in [-0.4, -0.2) is 0 Å². The number of aryl methyl sites for hydroxylation is 1. The van der Waals surface area contributed by atoms with E-state index in [2.05, 4.69) is 21.2 Å². The van der Waals surface area contributed by atoms with Crippen LogP contribution in [0.25, 0.3) is 0 Å². The monoisotopic (exact) mass is 375 g/mol. The molecule has 2 rings (SSSR count). The van der Waals surface area contributed by atoms with Crippen molar-refractivity contribution in [1.29, 1.82) is 0 Å². The quantitative estimate of drug-likeness (QED) is 0.613. The van der Waals surface area contributed by atoms with E-state index in [0.717, 1.165) is 15.7 Å². The van der Waals surface area contributed by atoms with E-state index in [4.69, 9.17) is 23.2 Å². The Labute approximate surface area is 136 Å². The van der Waals surface area contributed by atoms with Crippen molar-refractivity contribution in [2.75, 3.05) is 5.32 Å². The Morgan fingerprint density at radius 2 is 1.90 bits per heavy atom. The van der Waals surface area contributed by atoms with Crippen LogP contribution in [0.15, 0.2) is 34.8 Å². The fourth-order valence-electron chi connectivity index (χ4n) is 2.03. The third-order valence-electron chi connectivity index (χ3n) is 3.07. The van der Waals surface area contributed by atoms with Gasteiger partial charge < -0.3 is 5.32 Å². The van der Waals surface area contributed by atoms with Gasteiger partial charge in [0.15, 0.2) is 0 Å². The Morgan fingerprint density at radius 1 is 1.20 bits per heavy atom. The largest absolute Gasteiger partial charge is 0.378 e. The van der Waals surface area contributed by atoms with Gasteiger partial charge in [0.05, 0.1) is 11.1 Å². The summed E-state index contributed by atoms with van der Waals surface area (Å²) in [5, 5.41) is 3.82. The van der Waals surface area contributed by atoms with Crippen molar-refractivity contribution in [3.05, 3.63) is 61.8 Å². The van der Waals surface area contributed by atoms with Gasteiger partial charge in [-0.05, 0) is 49.7 Å². The molecule has 0 amide bonds. The van der Waals surface area contributed by atoms with Gasteiger partial charge in [-0.15, -0.1) is 0 Å². The SMILES string of the molecule is Cc1cc(Br)ccc1NC(C)c1c(Cl)ccc(F)c1Cl. The molecule has 106 valence electrons. The van der Waals surface area contributed by atoms with Gasteiger partial charge in [-0.1, -0.05) is 39.1 Å². The smallest absolute Gasteiger partial charge is 0.142 e. The molecule has 2 aromatic carbocycles. The second kappa shape index (κ2) is 6.33. The van der Waals surface area contributed by atoms with Crippen LogP contribution in [0.4, 0.5) is 10.1 Å². The molecule has 20 heavy (non-hydrogen) atoms. The van der Waals surface area contributed by atoms with E-state index in [1.54, 1.807) is 0 Å². The van der Waals surface area contributed by atoms with Crippen molar-refractivity contribution < 1.29 is 4.39 Å². The summed E-state index contributed by atoms with van der Waals surface area (Å²) >= 11 is 15.6. The first-order chi connectivity index (χ1) is 9.40. The Bertz CT molecular complexity index is 646. The van der Waals surface area contributed by atoms with Gasteiger partial charge in [0.25, 0.3) is 0 Å². The Balaban J connectivity index is 2.33. The van der Waals surface area contributed by atoms with Gasteiger partial charge in [0, 0.05) is 20.7 Å². The minimum atomic E-state index is -0.466. The Hall–Kier alpha value is -0.770. The zero-order valence-electron chi connectivity index (χ0n) is 11.0. The van der Waals surface area contributed by atoms with Crippen molar-refractivity contribution in [3.8, 4) is 0 Å². The number of hydrogen-bond acceptors (Lipinski definition) is 1. The van der Waals surface area contributed by atoms with Gasteiger partial charge >= 0.3 is 0 Å². The van der Waals surface area contributed by atoms with Crippen LogP contribution in [0.2, 0.25) is 10.0 Å². The first-order valence-electron chi connectivity index (χ1n) is 6.06. The summed E-state index contributed by atoms with van der Waals surface area (Å²) in [5.74, 6) is -0.466. The molecule has 0 radical (unpaired) electrons. The van der Waals surface area contributed by atoms with Crippen molar-refractivity contribution in [1.82, 2.24) is 0 Å². The third-order valence-corrected chi connectivity index (χ3v) is 4.28. The molecule has 1 unspecified atom stereocenters. The lowest BCUT2D eigenvalue weighted by atomic mass is 10.1. The first-order valence-corrected chi connectivity index (χ1v) is 7.61. The van der Waals surface area contributed by atoms with Crippen LogP contribution in [-0.2, 0) is 0 Å². The van der Waals surface area contributed by atoms with Crippen LogP contribution in [0.3, 0.4) is 0 Å². The maximum atomic E-state index is 13.6. The molecule has 0 fully saturated rings. The van der Waals surface area contributed by atoms with Crippen molar-refractivity contribution >= 4 is 44.8 Å². The number of hydrogen-bond donors (Lipinski definition) is 1. The molecule has 0 aliphatic carbocycles. The molecule has 0 aliphatic heterocycles. The van der Waals surface area contributed by atoms with Crippen molar-refractivity contribution in [2.45, 2.75) is 19.9 Å². The summed E-state index contributed by atoms with van der Waals surface area (Å²) in [6.07, 6.45) is 0. The fourth-order valence-corrected chi connectivity index (χ4v) is 3.21. The predicted molar refractivity (Wildman–Crippen MR) is 87.3 cm³/mol. The highest BCUT2D eigenvalue weighted by atomic mass is 79.9. The maximum Gasteiger partial charge on any atom is 0.142 e. The van der Waals surface area contributed by atoms with E-state index < -0.39 is 5.82 Å². The number of benzene rings is 2. The highest BCUT2D eigenvalue weighted by molar-refractivity contribution is 9.10. The summed E-state index contributed by atoms with van der Waals surface area (Å²) < 4.78 is 14.6. The summed E-state index contributed by atoms with van der Waals surface area (Å²) in [7, 11) is 0. The lowest BCUT2D eigenvalue weighted by Crippen LogP contribution is -2.09. The zero-order valence-corrected chi connectivity index (χ0v) is 14.1. The van der Waals surface area contributed by atoms with Crippen LogP contribution in [0.1, 0.15) is 24.1 Å². The molecular formula is C15H13BrCl2FN. The fraction of sp³-hybridized carbons (Fsp3) is 0.200. The normalized spacial score (nSPS) is 12.3. The summed E-state index contributed by atoms with van der Waals surface area (Å²) in [6.45, 7) is 3.89. The Kier molecular flexibility index (Phi) is 4.95. The number of anilines is 1. The zero-order chi connectivity index (χ0) is 14.9. The van der Waals surface area contributed by atoms with Gasteiger partial charge in [-0.3, -0.25) is 0 Å². The van der Waals surface area contributed by atoms with Gasteiger partial charge in [-0.2, -0.15) is 0 Å². The van der Waals surface area contributed by atoms with E-state index in [9.17, 15) is 4.39 Å². The van der Waals surface area contributed by atoms with E-state index >= 15 is 0 Å². The average Bonchev–Trinajstić information content (AvgIpc) is 2.38. The molecule has 0 bridgehead atoms. The minimum absolute atomic E-state index is 0.0623. The summed E-state index contributed by atoms with van der Waals surface area (Å²) in [5.41, 5.74) is 2.60. The lowest BCUT2D eigenvalue weighted by Gasteiger charge is -2.20. The highest BCUT2D eigenvalue weighted by Crippen LogP contribution is 2.34. The standard InChI is InChI=1S/C15H13BrCl2FN/c1-8-7-10(16)3-6-13(8)20-9(2)14-11(17)4-5-12(19)15(14)18/h3-7,9,20H,1-2H3. The summed E-state index contributed by atoms with van der Waals surface area (Å²) in [6, 6.07) is 8.49. The van der Waals surface area contributed by atoms with Gasteiger partial charge in [0.1, 0.15) is 5.82 Å². The molecular weight excluding hydrogens is 364 g/mol. The molecule has 1 atom stereocenters. The molecule has 0 heterocycles. The molecule has 0 aliphatic rings. The van der Waals surface area contributed by atoms with E-state index in [1.807, 2.05) is 32.0 Å². The van der Waals surface area contributed by atoms with Crippen LogP contribution >= 0.6 is 39.1 Å². The number of rotatable bonds is 3. The first kappa shape index (κ1) is 15.6. The molecule has 1 N–H and O–H groups in total. The topological polar surface area (TPSA) is 12.0 Å². The van der Waals surface area contributed by atoms with Gasteiger partial charge in [-0.25, -0.2) is 4.39 Å². The van der Waals surface area contributed by atoms with Crippen LogP contribution in [0.5, 0.6) is 0 Å². The van der Waals surface area contributed by atoms with Crippen molar-refractivity contribution in [2.24, 2.45) is 0 Å². The third kappa shape index (κ3) is 3.27. The maximum absolute atomic E-state index is 13.6. The highest BCUT2D eigenvalue weighted by Gasteiger charge is 2.17. The lowest BCUT2D eigenvalue weighted by molar-refractivity contribution is 0.624. The molecule has 0 saturated carbocycles. The van der Waals surface area contributed by atoms with E-state index in [0.29, 0.717) is 10.6 Å². The number of halogens is 4. The summed E-state index contributed by atoms with van der Waals surface area (Å²) in [4.78, 5) is 0. The average molecular weight is 377 g/mol. The minimum Gasteiger partial charge on any atom is -0.378 e. The molecule has 0 spiro atoms. The van der Waals surface area contributed by atoms with E-state index in [1.165, 1.54) is 12.1 Å². The van der Waals surface area contributed by atoms with Crippen LogP contribution in [0, 0.1) is 12.7 Å². The molecule has 2 aromatic rings. The van der Waals surface area contributed by atoms with Crippen molar-refractivity contribution in [3.63, 3.8) is 0 Å². The molecule has 0 aromatic heterocycles. The Morgan fingerprint density at radius 3 is 2.55 bits per heavy atom. The molecule has 0 saturated heterocycles. The second-order valence-electron chi connectivity index (χ2n) is 4.58. The van der Waals surface area contributed by atoms with Crippen LogP contribution < -0.4 is 5.32 Å². The van der Waals surface area contributed by atoms with E-state index in [-0.39, 0.29) is 11.1 Å². The second-order valence-corrected chi connectivity index (χ2v) is 6.28. The van der Waals surface area contributed by atoms with Gasteiger partial charge in [0.2, 0.25) is 0 Å². The molecule has 1 nitrogen and oxygen atoms in total. The number of nitrogens with one attached hydrogen (secondary N) is 1. The molecule has 5 heteroatoms.